The van der Waals surface area contributed by atoms with E-state index in [9.17, 15) is 9.18 Å². The molecule has 0 aromatic heterocycles. The third-order valence-corrected chi connectivity index (χ3v) is 6.92. The molecule has 174 valence electrons. The summed E-state index contributed by atoms with van der Waals surface area (Å²) in [4.78, 5) is 21.3. The van der Waals surface area contributed by atoms with E-state index in [0.717, 1.165) is 36.5 Å². The first-order valence-electron chi connectivity index (χ1n) is 10.9. The molecule has 2 aliphatic rings. The van der Waals surface area contributed by atoms with Gasteiger partial charge in [0.2, 0.25) is 5.91 Å². The minimum atomic E-state index is -0.225. The summed E-state index contributed by atoms with van der Waals surface area (Å²) in [6, 6.07) is 7.02. The predicted molar refractivity (Wildman–Crippen MR) is 139 cm³/mol. The normalized spacial score (nSPS) is 21.6. The number of amides is 1. The van der Waals surface area contributed by atoms with Gasteiger partial charge in [-0.25, -0.2) is 4.39 Å². The second-order valence-electron chi connectivity index (χ2n) is 7.87. The van der Waals surface area contributed by atoms with Crippen LogP contribution in [0, 0.1) is 5.82 Å². The van der Waals surface area contributed by atoms with Crippen molar-refractivity contribution in [1.82, 2.24) is 15.5 Å². The van der Waals surface area contributed by atoms with Gasteiger partial charge >= 0.3 is 0 Å². The van der Waals surface area contributed by atoms with E-state index in [0.29, 0.717) is 32.1 Å². The number of carbonyl (C=O) groups excluding carboxylic acids is 1. The minimum Gasteiger partial charge on any atom is -0.368 e. The Balaban J connectivity index is 0.00000341. The average molecular weight is 564 g/mol. The Bertz CT molecular complexity index is 712. The molecular formula is C22H35FIN5OS. The highest BCUT2D eigenvalue weighted by atomic mass is 127. The lowest BCUT2D eigenvalue weighted by atomic mass is 10.2. The Morgan fingerprint density at radius 2 is 1.90 bits per heavy atom. The monoisotopic (exact) mass is 563 g/mol. The van der Waals surface area contributed by atoms with Crippen LogP contribution in [0.5, 0.6) is 0 Å². The summed E-state index contributed by atoms with van der Waals surface area (Å²) in [6.07, 6.45) is 6.19. The molecule has 2 fully saturated rings. The number of guanidine groups is 1. The van der Waals surface area contributed by atoms with Crippen LogP contribution in [0.4, 0.5) is 10.1 Å². The molecule has 1 heterocycles. The van der Waals surface area contributed by atoms with Crippen LogP contribution in [0.3, 0.4) is 0 Å². The first-order valence-corrected chi connectivity index (χ1v) is 12.2. The molecule has 1 saturated heterocycles. The van der Waals surface area contributed by atoms with Gasteiger partial charge in [0.25, 0.3) is 0 Å². The van der Waals surface area contributed by atoms with E-state index in [1.807, 2.05) is 16.7 Å². The number of anilines is 1. The van der Waals surface area contributed by atoms with Gasteiger partial charge in [-0.05, 0) is 56.7 Å². The number of piperazine rings is 1. The highest BCUT2D eigenvalue weighted by molar-refractivity contribution is 14.0. The average Bonchev–Trinajstić information content (AvgIpc) is 3.22. The van der Waals surface area contributed by atoms with Gasteiger partial charge in [-0.1, -0.05) is 0 Å². The maximum absolute atomic E-state index is 13.1. The zero-order chi connectivity index (χ0) is 21.3. The quantitative estimate of drug-likeness (QED) is 0.303. The molecule has 6 nitrogen and oxygen atoms in total. The first-order chi connectivity index (χ1) is 14.6. The number of thioether (sulfide) groups is 1. The van der Waals surface area contributed by atoms with Gasteiger partial charge in [0.1, 0.15) is 5.82 Å². The van der Waals surface area contributed by atoms with Crippen LogP contribution in [0.15, 0.2) is 29.3 Å². The van der Waals surface area contributed by atoms with Crippen LogP contribution in [-0.2, 0) is 4.79 Å². The maximum Gasteiger partial charge on any atom is 0.224 e. The number of carbonyl (C=O) groups is 1. The molecule has 1 amide bonds. The molecule has 2 unspecified atom stereocenters. The van der Waals surface area contributed by atoms with E-state index in [2.05, 4.69) is 33.7 Å². The topological polar surface area (TPSA) is 60.0 Å². The molecule has 1 saturated carbocycles. The zero-order valence-electron chi connectivity index (χ0n) is 18.5. The Hall–Kier alpha value is -1.23. The van der Waals surface area contributed by atoms with Crippen molar-refractivity contribution in [3.8, 4) is 0 Å². The highest BCUT2D eigenvalue weighted by Gasteiger charge is 2.25. The van der Waals surface area contributed by atoms with E-state index in [4.69, 9.17) is 0 Å². The molecular weight excluding hydrogens is 528 g/mol. The van der Waals surface area contributed by atoms with E-state index in [1.165, 1.54) is 31.4 Å². The summed E-state index contributed by atoms with van der Waals surface area (Å²) < 4.78 is 13.1. The fourth-order valence-corrected chi connectivity index (χ4v) is 4.88. The van der Waals surface area contributed by atoms with Gasteiger partial charge in [0.15, 0.2) is 5.96 Å². The van der Waals surface area contributed by atoms with Crippen molar-refractivity contribution in [2.45, 2.75) is 43.9 Å². The summed E-state index contributed by atoms with van der Waals surface area (Å²) in [5.41, 5.74) is 1.00. The van der Waals surface area contributed by atoms with Crippen molar-refractivity contribution in [2.24, 2.45) is 4.99 Å². The number of aliphatic imine (C=N–C) groups is 1. The molecule has 9 heteroatoms. The molecule has 3 rings (SSSR count). The number of nitrogens with zero attached hydrogens (tertiary/aromatic N) is 3. The lowest BCUT2D eigenvalue weighted by Gasteiger charge is -2.36. The summed E-state index contributed by atoms with van der Waals surface area (Å²) in [5, 5.41) is 7.56. The Kier molecular flexibility index (Phi) is 11.2. The zero-order valence-corrected chi connectivity index (χ0v) is 21.6. The number of benzene rings is 1. The van der Waals surface area contributed by atoms with Gasteiger partial charge in [-0.3, -0.25) is 9.79 Å². The van der Waals surface area contributed by atoms with E-state index < -0.39 is 0 Å². The van der Waals surface area contributed by atoms with Crippen molar-refractivity contribution in [1.29, 1.82) is 0 Å². The van der Waals surface area contributed by atoms with Crippen LogP contribution >= 0.6 is 35.7 Å². The van der Waals surface area contributed by atoms with Crippen LogP contribution in [0.25, 0.3) is 0 Å². The van der Waals surface area contributed by atoms with Crippen molar-refractivity contribution >= 4 is 53.3 Å². The van der Waals surface area contributed by atoms with Crippen molar-refractivity contribution in [3.05, 3.63) is 30.1 Å². The highest BCUT2D eigenvalue weighted by Crippen LogP contribution is 2.28. The lowest BCUT2D eigenvalue weighted by molar-refractivity contribution is -0.131. The summed E-state index contributed by atoms with van der Waals surface area (Å²) in [6.45, 7) is 6.27. The molecule has 1 aliphatic carbocycles. The smallest absolute Gasteiger partial charge is 0.224 e. The fraction of sp³-hybridized carbons (Fsp3) is 0.636. The third kappa shape index (κ3) is 8.00. The van der Waals surface area contributed by atoms with Crippen molar-refractivity contribution < 1.29 is 9.18 Å². The first kappa shape index (κ1) is 26.0. The SMILES string of the molecule is CCNC(=NCCC(=O)N1CCN(c2ccc(F)cc2)CC1)NC1CCC(SC)C1.I. The number of nitrogens with one attached hydrogen (secondary N) is 2. The predicted octanol–water partition coefficient (Wildman–Crippen LogP) is 3.32. The van der Waals surface area contributed by atoms with Gasteiger partial charge in [0, 0.05) is 56.1 Å². The van der Waals surface area contributed by atoms with Gasteiger partial charge < -0.3 is 20.4 Å². The van der Waals surface area contributed by atoms with Gasteiger partial charge in [-0.2, -0.15) is 11.8 Å². The number of halogens is 2. The van der Waals surface area contributed by atoms with E-state index in [-0.39, 0.29) is 35.7 Å². The summed E-state index contributed by atoms with van der Waals surface area (Å²) in [7, 11) is 0. The van der Waals surface area contributed by atoms with Gasteiger partial charge in [0.05, 0.1) is 6.54 Å². The van der Waals surface area contributed by atoms with Crippen LogP contribution in [-0.4, -0.2) is 73.6 Å². The van der Waals surface area contributed by atoms with Crippen LogP contribution < -0.4 is 15.5 Å². The third-order valence-electron chi connectivity index (χ3n) is 5.82. The van der Waals surface area contributed by atoms with Gasteiger partial charge in [-0.15, -0.1) is 24.0 Å². The van der Waals surface area contributed by atoms with Crippen molar-refractivity contribution in [2.75, 3.05) is 50.4 Å². The molecule has 0 bridgehead atoms. The number of hydrogen-bond acceptors (Lipinski definition) is 4. The second kappa shape index (κ2) is 13.3. The Labute approximate surface area is 206 Å². The summed E-state index contributed by atoms with van der Waals surface area (Å²) >= 11 is 1.94. The Morgan fingerprint density at radius 3 is 2.52 bits per heavy atom. The van der Waals surface area contributed by atoms with E-state index in [1.54, 1.807) is 12.1 Å². The molecule has 0 radical (unpaired) electrons. The largest absolute Gasteiger partial charge is 0.368 e. The standard InChI is InChI=1S/C22H34FN5OS.HI/c1-3-24-22(26-18-6-9-20(16-18)30-2)25-11-10-21(29)28-14-12-27(13-15-28)19-7-4-17(23)5-8-19;/h4-5,7-8,18,20H,3,6,9-16H2,1-2H3,(H2,24,25,26);1H. The van der Waals surface area contributed by atoms with Crippen LogP contribution in [0.2, 0.25) is 0 Å². The molecule has 31 heavy (non-hydrogen) atoms. The van der Waals surface area contributed by atoms with Crippen molar-refractivity contribution in [3.63, 3.8) is 0 Å². The fourth-order valence-electron chi connectivity index (χ4n) is 4.09. The molecule has 0 spiro atoms. The van der Waals surface area contributed by atoms with Crippen LogP contribution in [0.1, 0.15) is 32.6 Å². The lowest BCUT2D eigenvalue weighted by Crippen LogP contribution is -2.49. The number of hydrogen-bond donors (Lipinski definition) is 2. The molecule has 1 aromatic rings. The van der Waals surface area contributed by atoms with E-state index >= 15 is 0 Å². The summed E-state index contributed by atoms with van der Waals surface area (Å²) in [5.74, 6) is 0.742. The minimum absolute atomic E-state index is 0. The maximum atomic E-state index is 13.1. The Morgan fingerprint density at radius 1 is 1.19 bits per heavy atom. The molecule has 1 aromatic carbocycles. The number of rotatable bonds is 7. The molecule has 2 atom stereocenters. The molecule has 2 N–H and O–H groups in total. The molecule has 1 aliphatic heterocycles. The second-order valence-corrected chi connectivity index (χ2v) is 9.01.